The van der Waals surface area contributed by atoms with Crippen LogP contribution in [0.15, 0.2) is 30.0 Å². The monoisotopic (exact) mass is 270 g/mol. The van der Waals surface area contributed by atoms with Gasteiger partial charge >= 0.3 is 5.97 Å². The van der Waals surface area contributed by atoms with E-state index >= 15 is 0 Å². The van der Waals surface area contributed by atoms with E-state index in [9.17, 15) is 14.7 Å². The summed E-state index contributed by atoms with van der Waals surface area (Å²) < 4.78 is 4.92. The molecule has 2 atom stereocenters. The fourth-order valence-electron chi connectivity index (χ4n) is 1.48. The standard InChI is InChI=1S/C16H14O4/c1-2-3-4-5-6-7-8-14(17)15(18)11-9-13-10-12-16(19)20-13/h1,5,7,9,11,13,15,18H,8,10,12H2. The summed E-state index contributed by atoms with van der Waals surface area (Å²) in [4.78, 5) is 22.4. The highest BCUT2D eigenvalue weighted by Crippen LogP contribution is 2.14. The third kappa shape index (κ3) is 5.89. The van der Waals surface area contributed by atoms with Crippen LogP contribution in [-0.4, -0.2) is 29.1 Å². The van der Waals surface area contributed by atoms with Gasteiger partial charge in [0.2, 0.25) is 0 Å². The second-order valence-corrected chi connectivity index (χ2v) is 4.00. The maximum Gasteiger partial charge on any atom is 0.306 e. The van der Waals surface area contributed by atoms with Crippen LogP contribution in [0.25, 0.3) is 0 Å². The number of aliphatic hydroxyl groups is 1. The number of allylic oxidation sites excluding steroid dienone is 1. The molecule has 0 radical (unpaired) electrons. The van der Waals surface area contributed by atoms with E-state index in [4.69, 9.17) is 11.2 Å². The van der Waals surface area contributed by atoms with Crippen molar-refractivity contribution in [3.63, 3.8) is 0 Å². The number of ketones is 1. The minimum Gasteiger partial charge on any atom is -0.458 e. The lowest BCUT2D eigenvalue weighted by atomic mass is 10.1. The molecule has 1 saturated heterocycles. The molecule has 4 heteroatoms. The summed E-state index contributed by atoms with van der Waals surface area (Å²) in [6.07, 6.45) is 10.0. The number of carbonyl (C=O) groups excluding carboxylic acids is 2. The Hall–Kier alpha value is -2.52. The smallest absolute Gasteiger partial charge is 0.306 e. The van der Waals surface area contributed by atoms with Gasteiger partial charge in [-0.15, -0.1) is 12.2 Å². The molecule has 2 unspecified atom stereocenters. The van der Waals surface area contributed by atoms with Gasteiger partial charge in [0.1, 0.15) is 12.2 Å². The van der Waals surface area contributed by atoms with Crippen molar-refractivity contribution in [2.75, 3.05) is 0 Å². The summed E-state index contributed by atoms with van der Waals surface area (Å²) in [7, 11) is 0. The highest BCUT2D eigenvalue weighted by molar-refractivity contribution is 5.85. The Bertz CT molecular complexity index is 560. The van der Waals surface area contributed by atoms with Crippen molar-refractivity contribution in [3.05, 3.63) is 30.0 Å². The minimum atomic E-state index is -1.22. The second-order valence-electron chi connectivity index (χ2n) is 4.00. The molecule has 0 bridgehead atoms. The lowest BCUT2D eigenvalue weighted by Crippen LogP contribution is -2.17. The van der Waals surface area contributed by atoms with Gasteiger partial charge in [-0.25, -0.2) is 0 Å². The number of carbonyl (C=O) groups is 2. The number of hydrogen-bond donors (Lipinski definition) is 1. The van der Waals surface area contributed by atoms with E-state index < -0.39 is 6.10 Å². The van der Waals surface area contributed by atoms with Gasteiger partial charge in [-0.1, -0.05) is 5.92 Å². The summed E-state index contributed by atoms with van der Waals surface area (Å²) in [6, 6.07) is 0. The molecule has 0 aromatic rings. The van der Waals surface area contributed by atoms with Gasteiger partial charge in [0, 0.05) is 18.9 Å². The molecule has 1 fully saturated rings. The van der Waals surface area contributed by atoms with Gasteiger partial charge in [-0.3, -0.25) is 9.59 Å². The normalized spacial score (nSPS) is 18.2. The van der Waals surface area contributed by atoms with Crippen molar-refractivity contribution in [2.24, 2.45) is 0 Å². The van der Waals surface area contributed by atoms with Crippen LogP contribution < -0.4 is 0 Å². The molecular formula is C16H14O4. The number of hydrogen-bond acceptors (Lipinski definition) is 4. The average Bonchev–Trinajstić information content (AvgIpc) is 2.85. The fourth-order valence-corrected chi connectivity index (χ4v) is 1.48. The van der Waals surface area contributed by atoms with Crippen molar-refractivity contribution in [1.29, 1.82) is 0 Å². The Morgan fingerprint density at radius 2 is 2.40 bits per heavy atom. The number of ether oxygens (including phenoxy) is 1. The maximum absolute atomic E-state index is 11.5. The number of aliphatic hydroxyl groups excluding tert-OH is 1. The lowest BCUT2D eigenvalue weighted by Gasteiger charge is -2.04. The lowest BCUT2D eigenvalue weighted by molar-refractivity contribution is -0.140. The van der Waals surface area contributed by atoms with Crippen LogP contribution >= 0.6 is 0 Å². The first-order valence-electron chi connectivity index (χ1n) is 6.07. The average molecular weight is 270 g/mol. The summed E-state index contributed by atoms with van der Waals surface area (Å²) in [5, 5.41) is 9.60. The van der Waals surface area contributed by atoms with Gasteiger partial charge in [0.05, 0.1) is 0 Å². The zero-order chi connectivity index (χ0) is 14.8. The molecule has 0 aliphatic carbocycles. The largest absolute Gasteiger partial charge is 0.458 e. The topological polar surface area (TPSA) is 63.6 Å². The Kier molecular flexibility index (Phi) is 6.65. The molecule has 0 aromatic heterocycles. The Morgan fingerprint density at radius 1 is 1.60 bits per heavy atom. The Morgan fingerprint density at radius 3 is 3.05 bits per heavy atom. The zero-order valence-electron chi connectivity index (χ0n) is 10.8. The third-order valence-electron chi connectivity index (χ3n) is 2.47. The zero-order valence-corrected chi connectivity index (χ0v) is 10.8. The summed E-state index contributed by atoms with van der Waals surface area (Å²) in [6.45, 7) is 0. The molecule has 1 rings (SSSR count). The predicted molar refractivity (Wildman–Crippen MR) is 73.1 cm³/mol. The first kappa shape index (κ1) is 15.5. The highest BCUT2D eigenvalue weighted by Gasteiger charge is 2.21. The molecule has 0 spiro atoms. The van der Waals surface area contributed by atoms with E-state index in [0.29, 0.717) is 12.8 Å². The van der Waals surface area contributed by atoms with Crippen molar-refractivity contribution >= 4 is 11.8 Å². The number of rotatable bonds is 5. The van der Waals surface area contributed by atoms with Crippen LogP contribution in [0, 0.1) is 24.2 Å². The van der Waals surface area contributed by atoms with Crippen molar-refractivity contribution in [2.45, 2.75) is 31.5 Å². The van der Waals surface area contributed by atoms with Crippen LogP contribution in [0.5, 0.6) is 0 Å². The fraction of sp³-hybridized carbons (Fsp3) is 0.312. The predicted octanol–water partition coefficient (Wildman–Crippen LogP) is 0.916. The quantitative estimate of drug-likeness (QED) is 0.349. The van der Waals surface area contributed by atoms with Gasteiger partial charge < -0.3 is 9.84 Å². The summed E-state index contributed by atoms with van der Waals surface area (Å²) in [5.41, 5.74) is 2.66. The highest BCUT2D eigenvalue weighted by atomic mass is 16.5. The number of terminal acetylenes is 1. The van der Waals surface area contributed by atoms with Crippen LogP contribution in [0.4, 0.5) is 0 Å². The summed E-state index contributed by atoms with van der Waals surface area (Å²) >= 11 is 0. The SMILES string of the molecule is C#CC#CC=C=CCC(=O)C(O)C=CC1CCC(=O)O1. The first-order valence-corrected chi connectivity index (χ1v) is 6.07. The van der Waals surface area contributed by atoms with Gasteiger partial charge in [0.25, 0.3) is 0 Å². The van der Waals surface area contributed by atoms with Gasteiger partial charge in [0.15, 0.2) is 5.78 Å². The molecular weight excluding hydrogens is 256 g/mol. The van der Waals surface area contributed by atoms with Crippen LogP contribution in [0.3, 0.4) is 0 Å². The van der Waals surface area contributed by atoms with E-state index in [2.05, 4.69) is 23.5 Å². The molecule has 1 heterocycles. The molecule has 0 aromatic carbocycles. The van der Waals surface area contributed by atoms with Crippen LogP contribution in [0.2, 0.25) is 0 Å². The summed E-state index contributed by atoms with van der Waals surface area (Å²) in [5.74, 6) is 6.38. The molecule has 0 saturated carbocycles. The molecule has 0 amide bonds. The van der Waals surface area contributed by atoms with E-state index in [0.717, 1.165) is 0 Å². The van der Waals surface area contributed by atoms with Crippen molar-refractivity contribution in [3.8, 4) is 24.2 Å². The van der Waals surface area contributed by atoms with Crippen molar-refractivity contribution in [1.82, 2.24) is 0 Å². The first-order chi connectivity index (χ1) is 9.63. The molecule has 1 aliphatic rings. The maximum atomic E-state index is 11.5. The molecule has 4 nitrogen and oxygen atoms in total. The second kappa shape index (κ2) is 8.56. The van der Waals surface area contributed by atoms with Crippen LogP contribution in [0.1, 0.15) is 19.3 Å². The van der Waals surface area contributed by atoms with Gasteiger partial charge in [-0.2, -0.15) is 0 Å². The third-order valence-corrected chi connectivity index (χ3v) is 2.47. The van der Waals surface area contributed by atoms with E-state index in [1.807, 2.05) is 0 Å². The Labute approximate surface area is 117 Å². The number of cyclic esters (lactones) is 1. The molecule has 20 heavy (non-hydrogen) atoms. The van der Waals surface area contributed by atoms with Crippen molar-refractivity contribution < 1.29 is 19.4 Å². The number of Topliss-reactive ketones (excluding diaryl/α,β-unsaturated/α-hetero) is 1. The van der Waals surface area contributed by atoms with Crippen LogP contribution in [-0.2, 0) is 14.3 Å². The molecule has 1 N–H and O–H groups in total. The van der Waals surface area contributed by atoms with E-state index in [-0.39, 0.29) is 24.3 Å². The van der Waals surface area contributed by atoms with Gasteiger partial charge in [-0.05, 0) is 36.5 Å². The minimum absolute atomic E-state index is 0.0319. The molecule has 1 aliphatic heterocycles. The van der Waals surface area contributed by atoms with E-state index in [1.165, 1.54) is 24.3 Å². The van der Waals surface area contributed by atoms with E-state index in [1.54, 1.807) is 0 Å². The Balaban J connectivity index is 2.39. The molecule has 102 valence electrons. The number of esters is 1.